The molecule has 2 unspecified atom stereocenters. The van der Waals surface area contributed by atoms with Crippen molar-refractivity contribution in [2.24, 2.45) is 5.92 Å². The second-order valence-corrected chi connectivity index (χ2v) is 5.34. The molecule has 1 aliphatic carbocycles. The molecule has 2 rings (SSSR count). The van der Waals surface area contributed by atoms with Gasteiger partial charge in [0.2, 0.25) is 0 Å². The monoisotopic (exact) mass is 240 g/mol. The Hall–Kier alpha value is -0.770. The van der Waals surface area contributed by atoms with Crippen LogP contribution in [0.4, 0.5) is 4.79 Å². The third-order valence-corrected chi connectivity index (χ3v) is 4.12. The van der Waals surface area contributed by atoms with E-state index in [4.69, 9.17) is 4.74 Å². The summed E-state index contributed by atoms with van der Waals surface area (Å²) >= 11 is 0. The van der Waals surface area contributed by atoms with E-state index in [-0.39, 0.29) is 11.6 Å². The van der Waals surface area contributed by atoms with Crippen molar-refractivity contribution in [2.45, 2.75) is 51.0 Å². The molecule has 1 aliphatic heterocycles. The molecule has 1 amide bonds. The number of nitrogens with one attached hydrogen (secondary N) is 2. The highest BCUT2D eigenvalue weighted by molar-refractivity contribution is 5.68. The van der Waals surface area contributed by atoms with Gasteiger partial charge in [-0.3, -0.25) is 0 Å². The number of unbranched alkanes of at least 4 members (excludes halogenated alkanes) is 1. The number of amides is 1. The second kappa shape index (κ2) is 5.71. The Bertz CT molecular complexity index is 270. The molecule has 4 heteroatoms. The largest absolute Gasteiger partial charge is 0.450 e. The lowest BCUT2D eigenvalue weighted by atomic mass is 9.75. The van der Waals surface area contributed by atoms with E-state index in [9.17, 15) is 4.79 Å². The predicted molar refractivity (Wildman–Crippen MR) is 67.0 cm³/mol. The molecule has 17 heavy (non-hydrogen) atoms. The van der Waals surface area contributed by atoms with Gasteiger partial charge in [-0.25, -0.2) is 4.79 Å². The second-order valence-electron chi connectivity index (χ2n) is 5.34. The fourth-order valence-electron chi connectivity index (χ4n) is 3.07. The van der Waals surface area contributed by atoms with Gasteiger partial charge in [-0.2, -0.15) is 0 Å². The molecule has 0 aromatic heterocycles. The van der Waals surface area contributed by atoms with Gasteiger partial charge in [-0.1, -0.05) is 26.2 Å². The highest BCUT2D eigenvalue weighted by Gasteiger charge is 2.45. The smallest absolute Gasteiger partial charge is 0.407 e. The van der Waals surface area contributed by atoms with Gasteiger partial charge in [0.1, 0.15) is 0 Å². The molecule has 1 saturated carbocycles. The van der Waals surface area contributed by atoms with Crippen LogP contribution in [0.3, 0.4) is 0 Å². The van der Waals surface area contributed by atoms with Crippen LogP contribution >= 0.6 is 0 Å². The molecule has 1 saturated heterocycles. The first kappa shape index (κ1) is 12.7. The van der Waals surface area contributed by atoms with Crippen LogP contribution in [0.15, 0.2) is 0 Å². The maximum atomic E-state index is 11.8. The van der Waals surface area contributed by atoms with Crippen molar-refractivity contribution in [3.63, 3.8) is 0 Å². The van der Waals surface area contributed by atoms with Gasteiger partial charge in [0, 0.05) is 13.1 Å². The fourth-order valence-corrected chi connectivity index (χ4v) is 3.07. The van der Waals surface area contributed by atoms with Gasteiger partial charge in [0.05, 0.1) is 12.1 Å². The third kappa shape index (κ3) is 2.92. The minimum atomic E-state index is -0.228. The molecule has 98 valence electrons. The average molecular weight is 240 g/mol. The van der Waals surface area contributed by atoms with Crippen LogP contribution in [0.1, 0.15) is 45.4 Å². The van der Waals surface area contributed by atoms with Crippen molar-refractivity contribution < 1.29 is 9.53 Å². The summed E-state index contributed by atoms with van der Waals surface area (Å²) in [5.41, 5.74) is -0.0262. The Labute approximate surface area is 103 Å². The number of alkyl carbamates (subject to hydrolysis) is 1. The molecule has 1 heterocycles. The van der Waals surface area contributed by atoms with Gasteiger partial charge in [-0.15, -0.1) is 0 Å². The molecule has 2 atom stereocenters. The van der Waals surface area contributed by atoms with Gasteiger partial charge >= 0.3 is 6.09 Å². The number of carbonyl (C=O) groups is 1. The van der Waals surface area contributed by atoms with E-state index in [0.29, 0.717) is 12.5 Å². The van der Waals surface area contributed by atoms with Crippen molar-refractivity contribution in [3.05, 3.63) is 0 Å². The molecular weight excluding hydrogens is 216 g/mol. The first-order valence-corrected chi connectivity index (χ1v) is 6.92. The molecule has 0 aromatic carbocycles. The fraction of sp³-hybridized carbons (Fsp3) is 0.923. The molecule has 4 nitrogen and oxygen atoms in total. The minimum Gasteiger partial charge on any atom is -0.450 e. The lowest BCUT2D eigenvalue weighted by molar-refractivity contribution is 0.115. The standard InChI is InChI=1S/C13H24N2O2/c1-2-3-8-17-12(16)15-13-7-5-4-6-11(13)9-14-10-13/h11,14H,2-10H2,1H3,(H,15,16). The van der Waals surface area contributed by atoms with Crippen LogP contribution in [-0.4, -0.2) is 31.3 Å². The third-order valence-electron chi connectivity index (χ3n) is 4.12. The summed E-state index contributed by atoms with van der Waals surface area (Å²) in [6.45, 7) is 4.57. The number of hydrogen-bond donors (Lipinski definition) is 2. The number of ether oxygens (including phenoxy) is 1. The zero-order valence-corrected chi connectivity index (χ0v) is 10.8. The van der Waals surface area contributed by atoms with E-state index in [1.807, 2.05) is 0 Å². The van der Waals surface area contributed by atoms with Crippen LogP contribution in [-0.2, 0) is 4.74 Å². The van der Waals surface area contributed by atoms with Gasteiger partial charge < -0.3 is 15.4 Å². The maximum Gasteiger partial charge on any atom is 0.407 e. The van der Waals surface area contributed by atoms with Gasteiger partial charge in [0.15, 0.2) is 0 Å². The van der Waals surface area contributed by atoms with E-state index in [0.717, 1.165) is 32.4 Å². The van der Waals surface area contributed by atoms with E-state index >= 15 is 0 Å². The van der Waals surface area contributed by atoms with Crippen molar-refractivity contribution in [2.75, 3.05) is 19.7 Å². The Balaban J connectivity index is 1.85. The van der Waals surface area contributed by atoms with Crippen molar-refractivity contribution >= 4 is 6.09 Å². The lowest BCUT2D eigenvalue weighted by Crippen LogP contribution is -2.55. The molecule has 2 N–H and O–H groups in total. The summed E-state index contributed by atoms with van der Waals surface area (Å²) in [7, 11) is 0. The molecule has 2 aliphatic rings. The van der Waals surface area contributed by atoms with Crippen molar-refractivity contribution in [1.29, 1.82) is 0 Å². The summed E-state index contributed by atoms with van der Waals surface area (Å²) in [4.78, 5) is 11.8. The number of hydrogen-bond acceptors (Lipinski definition) is 3. The molecule has 0 aromatic rings. The first-order chi connectivity index (χ1) is 8.27. The minimum absolute atomic E-state index is 0.0262. The zero-order chi connectivity index (χ0) is 12.1. The van der Waals surface area contributed by atoms with Crippen molar-refractivity contribution in [3.8, 4) is 0 Å². The molecular formula is C13H24N2O2. The first-order valence-electron chi connectivity index (χ1n) is 6.92. The molecule has 0 bridgehead atoms. The lowest BCUT2D eigenvalue weighted by Gasteiger charge is -2.38. The summed E-state index contributed by atoms with van der Waals surface area (Å²) in [5, 5.41) is 6.54. The van der Waals surface area contributed by atoms with Crippen LogP contribution in [0.2, 0.25) is 0 Å². The van der Waals surface area contributed by atoms with Gasteiger partial charge in [-0.05, 0) is 25.2 Å². The Kier molecular flexibility index (Phi) is 4.26. The number of fused-ring (bicyclic) bond motifs is 1. The highest BCUT2D eigenvalue weighted by Crippen LogP contribution is 2.36. The van der Waals surface area contributed by atoms with E-state index in [2.05, 4.69) is 17.6 Å². The SMILES string of the molecule is CCCCOC(=O)NC12CCCCC1CNC2. The Morgan fingerprint density at radius 2 is 2.41 bits per heavy atom. The summed E-state index contributed by atoms with van der Waals surface area (Å²) in [6.07, 6.45) is 6.60. The number of carbonyl (C=O) groups excluding carboxylic acids is 1. The van der Waals surface area contributed by atoms with Crippen LogP contribution < -0.4 is 10.6 Å². The Morgan fingerprint density at radius 1 is 1.53 bits per heavy atom. The quantitative estimate of drug-likeness (QED) is 0.739. The summed E-state index contributed by atoms with van der Waals surface area (Å²) in [5.74, 6) is 0.593. The number of rotatable bonds is 4. The molecule has 0 radical (unpaired) electrons. The molecule has 2 fully saturated rings. The topological polar surface area (TPSA) is 50.4 Å². The maximum absolute atomic E-state index is 11.8. The normalized spacial score (nSPS) is 31.9. The van der Waals surface area contributed by atoms with E-state index in [1.165, 1.54) is 19.3 Å². The zero-order valence-electron chi connectivity index (χ0n) is 10.8. The summed E-state index contributed by atoms with van der Waals surface area (Å²) < 4.78 is 5.21. The highest BCUT2D eigenvalue weighted by atomic mass is 16.5. The van der Waals surface area contributed by atoms with E-state index in [1.54, 1.807) is 0 Å². The van der Waals surface area contributed by atoms with Crippen LogP contribution in [0.5, 0.6) is 0 Å². The average Bonchev–Trinajstić information content (AvgIpc) is 2.72. The van der Waals surface area contributed by atoms with Crippen LogP contribution in [0.25, 0.3) is 0 Å². The van der Waals surface area contributed by atoms with Crippen LogP contribution in [0, 0.1) is 5.92 Å². The predicted octanol–water partition coefficient (Wildman–Crippen LogP) is 2.04. The Morgan fingerprint density at radius 3 is 3.24 bits per heavy atom. The summed E-state index contributed by atoms with van der Waals surface area (Å²) in [6, 6.07) is 0. The molecule has 0 spiro atoms. The van der Waals surface area contributed by atoms with Gasteiger partial charge in [0.25, 0.3) is 0 Å². The van der Waals surface area contributed by atoms with E-state index < -0.39 is 0 Å². The van der Waals surface area contributed by atoms with Crippen molar-refractivity contribution in [1.82, 2.24) is 10.6 Å².